The van der Waals surface area contributed by atoms with Crippen LogP contribution in [-0.4, -0.2) is 0 Å². The van der Waals surface area contributed by atoms with Gasteiger partial charge in [0.25, 0.3) is 0 Å². The summed E-state index contributed by atoms with van der Waals surface area (Å²) in [6, 6.07) is 24.5. The Labute approximate surface area is 130 Å². The van der Waals surface area contributed by atoms with Crippen LogP contribution in [0.2, 0.25) is 0 Å². The van der Waals surface area contributed by atoms with Gasteiger partial charge in [0.1, 0.15) is 0 Å². The highest BCUT2D eigenvalue weighted by molar-refractivity contribution is 5.84. The van der Waals surface area contributed by atoms with Crippen molar-refractivity contribution in [2.24, 2.45) is 0 Å². The lowest BCUT2D eigenvalue weighted by Gasteiger charge is -2.01. The van der Waals surface area contributed by atoms with Gasteiger partial charge >= 0.3 is 0 Å². The number of hydrogen-bond acceptors (Lipinski definition) is 1. The van der Waals surface area contributed by atoms with Gasteiger partial charge in [-0.1, -0.05) is 66.4 Å². The molecule has 22 heavy (non-hydrogen) atoms. The fourth-order valence-corrected chi connectivity index (χ4v) is 2.40. The Morgan fingerprint density at radius 1 is 0.682 bits per heavy atom. The predicted octanol–water partition coefficient (Wildman–Crippen LogP) is 4.50. The van der Waals surface area contributed by atoms with Gasteiger partial charge in [0, 0.05) is 12.8 Å². The second-order valence-electron chi connectivity index (χ2n) is 5.20. The van der Waals surface area contributed by atoms with Crippen molar-refractivity contribution >= 4 is 10.8 Å². The molecule has 3 rings (SSSR count). The zero-order valence-electron chi connectivity index (χ0n) is 12.2. The topological polar surface area (TPSA) is 23.8 Å². The normalized spacial score (nSPS) is 9.77. The third kappa shape index (κ3) is 3.35. The van der Waals surface area contributed by atoms with Gasteiger partial charge in [0.05, 0.1) is 11.6 Å². The zero-order valence-corrected chi connectivity index (χ0v) is 12.2. The Bertz CT molecular complexity index is 890. The summed E-state index contributed by atoms with van der Waals surface area (Å²) in [5.74, 6) is 6.46. The highest BCUT2D eigenvalue weighted by Crippen LogP contribution is 2.18. The molecule has 0 unspecified atom stereocenters. The average molecular weight is 281 g/mol. The first kappa shape index (κ1) is 13.9. The molecule has 1 nitrogen and oxygen atoms in total. The summed E-state index contributed by atoms with van der Waals surface area (Å²) in [4.78, 5) is 0. The third-order valence-corrected chi connectivity index (χ3v) is 3.59. The summed E-state index contributed by atoms with van der Waals surface area (Å²) in [7, 11) is 0. The Morgan fingerprint density at radius 2 is 1.36 bits per heavy atom. The SMILES string of the molecule is N#Cc1ccc2cc(CC#CCc3ccccc3)ccc2c1. The van der Waals surface area contributed by atoms with Crippen molar-refractivity contribution in [3.05, 3.63) is 83.4 Å². The Balaban J connectivity index is 1.71. The van der Waals surface area contributed by atoms with E-state index in [9.17, 15) is 0 Å². The second-order valence-corrected chi connectivity index (χ2v) is 5.20. The summed E-state index contributed by atoms with van der Waals surface area (Å²) < 4.78 is 0. The van der Waals surface area contributed by atoms with Gasteiger partial charge in [0.15, 0.2) is 0 Å². The van der Waals surface area contributed by atoms with Crippen LogP contribution in [0.5, 0.6) is 0 Å². The van der Waals surface area contributed by atoms with Crippen molar-refractivity contribution in [2.75, 3.05) is 0 Å². The molecule has 0 amide bonds. The number of nitriles is 1. The van der Waals surface area contributed by atoms with Crippen LogP contribution < -0.4 is 0 Å². The number of benzene rings is 3. The van der Waals surface area contributed by atoms with Crippen LogP contribution in [0.15, 0.2) is 66.7 Å². The van der Waals surface area contributed by atoms with Crippen LogP contribution >= 0.6 is 0 Å². The van der Waals surface area contributed by atoms with E-state index in [0.29, 0.717) is 5.56 Å². The molecular weight excluding hydrogens is 266 g/mol. The predicted molar refractivity (Wildman–Crippen MR) is 90.3 cm³/mol. The third-order valence-electron chi connectivity index (χ3n) is 3.59. The van der Waals surface area contributed by atoms with Crippen LogP contribution in [0.3, 0.4) is 0 Å². The lowest BCUT2D eigenvalue weighted by molar-refractivity contribution is 1.29. The van der Waals surface area contributed by atoms with Crippen molar-refractivity contribution in [3.63, 3.8) is 0 Å². The van der Waals surface area contributed by atoms with Crippen molar-refractivity contribution < 1.29 is 0 Å². The maximum Gasteiger partial charge on any atom is 0.0991 e. The molecule has 1 heteroatoms. The summed E-state index contributed by atoms with van der Waals surface area (Å²) in [6.07, 6.45) is 1.54. The van der Waals surface area contributed by atoms with Gasteiger partial charge in [-0.2, -0.15) is 5.26 Å². The molecule has 0 aliphatic carbocycles. The van der Waals surface area contributed by atoms with E-state index >= 15 is 0 Å². The molecule has 0 aliphatic heterocycles. The molecule has 0 radical (unpaired) electrons. The molecular formula is C21H15N. The lowest BCUT2D eigenvalue weighted by Crippen LogP contribution is -1.84. The minimum atomic E-state index is 0.697. The molecule has 0 N–H and O–H groups in total. The Morgan fingerprint density at radius 3 is 2.14 bits per heavy atom. The minimum Gasteiger partial charge on any atom is -0.192 e. The molecule has 0 spiro atoms. The first-order valence-electron chi connectivity index (χ1n) is 7.27. The van der Waals surface area contributed by atoms with E-state index in [1.54, 1.807) is 0 Å². The molecule has 0 saturated carbocycles. The maximum atomic E-state index is 8.92. The van der Waals surface area contributed by atoms with Gasteiger partial charge < -0.3 is 0 Å². The molecule has 0 bridgehead atoms. The molecule has 104 valence electrons. The van der Waals surface area contributed by atoms with Gasteiger partial charge in [-0.3, -0.25) is 0 Å². The largest absolute Gasteiger partial charge is 0.192 e. The molecule has 0 heterocycles. The van der Waals surface area contributed by atoms with E-state index < -0.39 is 0 Å². The van der Waals surface area contributed by atoms with Gasteiger partial charge in [0.2, 0.25) is 0 Å². The van der Waals surface area contributed by atoms with E-state index in [4.69, 9.17) is 5.26 Å². The highest BCUT2D eigenvalue weighted by atomic mass is 14.2. The van der Waals surface area contributed by atoms with E-state index in [1.165, 1.54) is 11.1 Å². The van der Waals surface area contributed by atoms with Crippen molar-refractivity contribution in [1.29, 1.82) is 5.26 Å². The van der Waals surface area contributed by atoms with Crippen LogP contribution in [0, 0.1) is 23.2 Å². The van der Waals surface area contributed by atoms with Crippen molar-refractivity contribution in [1.82, 2.24) is 0 Å². The zero-order chi connectivity index (χ0) is 15.2. The van der Waals surface area contributed by atoms with E-state index in [-0.39, 0.29) is 0 Å². The van der Waals surface area contributed by atoms with Crippen molar-refractivity contribution in [2.45, 2.75) is 12.8 Å². The summed E-state index contributed by atoms with van der Waals surface area (Å²) in [6.45, 7) is 0. The van der Waals surface area contributed by atoms with Crippen LogP contribution in [-0.2, 0) is 12.8 Å². The second kappa shape index (κ2) is 6.61. The van der Waals surface area contributed by atoms with E-state index in [1.807, 2.05) is 36.4 Å². The fourth-order valence-electron chi connectivity index (χ4n) is 2.40. The summed E-state index contributed by atoms with van der Waals surface area (Å²) in [5.41, 5.74) is 3.15. The molecule has 0 aliphatic rings. The average Bonchev–Trinajstić information content (AvgIpc) is 2.59. The monoisotopic (exact) mass is 281 g/mol. The van der Waals surface area contributed by atoms with Gasteiger partial charge in [-0.15, -0.1) is 0 Å². The molecule has 0 atom stereocenters. The smallest absolute Gasteiger partial charge is 0.0991 e. The van der Waals surface area contributed by atoms with Crippen molar-refractivity contribution in [3.8, 4) is 17.9 Å². The number of nitrogens with zero attached hydrogens (tertiary/aromatic N) is 1. The Hall–Kier alpha value is -3.03. The van der Waals surface area contributed by atoms with Crippen LogP contribution in [0.4, 0.5) is 0 Å². The fraction of sp³-hybridized carbons (Fsp3) is 0.0952. The summed E-state index contributed by atoms with van der Waals surface area (Å²) in [5, 5.41) is 11.2. The van der Waals surface area contributed by atoms with Gasteiger partial charge in [-0.25, -0.2) is 0 Å². The molecule has 0 aromatic heterocycles. The first-order chi connectivity index (χ1) is 10.8. The quantitative estimate of drug-likeness (QED) is 0.634. The molecule has 3 aromatic rings. The van der Waals surface area contributed by atoms with Crippen LogP contribution in [0.1, 0.15) is 16.7 Å². The maximum absolute atomic E-state index is 8.92. The minimum absolute atomic E-state index is 0.697. The van der Waals surface area contributed by atoms with E-state index in [0.717, 1.165) is 23.6 Å². The standard InChI is InChI=1S/C21H15N/c22-16-19-11-13-20-14-18(10-12-21(20)15-19)9-5-4-8-17-6-2-1-3-7-17/h1-3,6-7,10-15H,8-9H2. The Kier molecular flexibility index (Phi) is 4.19. The molecule has 3 aromatic carbocycles. The molecule has 0 saturated heterocycles. The number of rotatable bonds is 2. The molecule has 0 fully saturated rings. The lowest BCUT2D eigenvalue weighted by atomic mass is 10.0. The summed E-state index contributed by atoms with van der Waals surface area (Å²) >= 11 is 0. The first-order valence-corrected chi connectivity index (χ1v) is 7.27. The number of fused-ring (bicyclic) bond motifs is 1. The highest BCUT2D eigenvalue weighted by Gasteiger charge is 1.97. The van der Waals surface area contributed by atoms with Gasteiger partial charge in [-0.05, 0) is 34.0 Å². The number of hydrogen-bond donors (Lipinski definition) is 0. The van der Waals surface area contributed by atoms with E-state index in [2.05, 4.69) is 48.2 Å². The van der Waals surface area contributed by atoms with Crippen LogP contribution in [0.25, 0.3) is 10.8 Å².